The predicted molar refractivity (Wildman–Crippen MR) is 92.1 cm³/mol. The van der Waals surface area contributed by atoms with Gasteiger partial charge in [-0.15, -0.1) is 0 Å². The number of benzene rings is 2. The first-order valence-electron chi connectivity index (χ1n) is 7.56. The van der Waals surface area contributed by atoms with E-state index in [1.54, 1.807) is 18.3 Å². The first-order chi connectivity index (χ1) is 11.0. The minimum atomic E-state index is -0.447. The van der Waals surface area contributed by atoms with Crippen LogP contribution < -0.4 is 4.74 Å². The number of nitro benzene ring substituents is 1. The lowest BCUT2D eigenvalue weighted by atomic mass is 10.0. The molecule has 0 spiro atoms. The molecule has 0 aliphatic rings. The van der Waals surface area contributed by atoms with Crippen LogP contribution in [-0.2, 0) is 0 Å². The zero-order chi connectivity index (χ0) is 16.8. The van der Waals surface area contributed by atoms with Crippen molar-refractivity contribution in [2.45, 2.75) is 26.7 Å². The molecule has 2 aromatic carbocycles. The molecule has 0 bridgehead atoms. The standard InChI is InChI=1S/C18H20N2O3/c1-4-23-16-9-10-17(18(11-16)20(21)22)19-12-14-5-7-15(8-6-14)13(2)3/h5-13H,4H2,1-3H3. The first kappa shape index (κ1) is 16.7. The largest absolute Gasteiger partial charge is 0.494 e. The number of ether oxygens (including phenoxy) is 1. The molecule has 0 amide bonds. The molecular formula is C18H20N2O3. The average molecular weight is 312 g/mol. The van der Waals surface area contributed by atoms with Gasteiger partial charge < -0.3 is 4.74 Å². The lowest BCUT2D eigenvalue weighted by molar-refractivity contribution is -0.384. The number of hydrogen-bond donors (Lipinski definition) is 0. The molecule has 0 atom stereocenters. The molecule has 5 nitrogen and oxygen atoms in total. The van der Waals surface area contributed by atoms with Gasteiger partial charge in [0.05, 0.1) is 17.6 Å². The fourth-order valence-corrected chi connectivity index (χ4v) is 2.13. The van der Waals surface area contributed by atoms with Crippen molar-refractivity contribution in [2.75, 3.05) is 6.61 Å². The van der Waals surface area contributed by atoms with Crippen molar-refractivity contribution in [1.29, 1.82) is 0 Å². The normalized spacial score (nSPS) is 11.1. The Kier molecular flexibility index (Phi) is 5.46. The Morgan fingerprint density at radius 1 is 1.22 bits per heavy atom. The van der Waals surface area contributed by atoms with E-state index in [0.717, 1.165) is 5.56 Å². The molecule has 0 saturated heterocycles. The third-order valence-electron chi connectivity index (χ3n) is 3.41. The molecular weight excluding hydrogens is 292 g/mol. The molecule has 0 heterocycles. The highest BCUT2D eigenvalue weighted by Gasteiger charge is 2.14. The summed E-state index contributed by atoms with van der Waals surface area (Å²) in [6, 6.07) is 12.7. The minimum absolute atomic E-state index is 0.0639. The Morgan fingerprint density at radius 3 is 2.48 bits per heavy atom. The van der Waals surface area contributed by atoms with Crippen LogP contribution in [-0.4, -0.2) is 17.7 Å². The van der Waals surface area contributed by atoms with E-state index in [9.17, 15) is 10.1 Å². The second kappa shape index (κ2) is 7.54. The highest BCUT2D eigenvalue weighted by Crippen LogP contribution is 2.31. The fourth-order valence-electron chi connectivity index (χ4n) is 2.13. The Bertz CT molecular complexity index is 707. The van der Waals surface area contributed by atoms with Crippen molar-refractivity contribution < 1.29 is 9.66 Å². The maximum Gasteiger partial charge on any atom is 0.298 e. The van der Waals surface area contributed by atoms with Crippen LogP contribution in [0.2, 0.25) is 0 Å². The molecule has 2 aromatic rings. The highest BCUT2D eigenvalue weighted by molar-refractivity contribution is 5.83. The lowest BCUT2D eigenvalue weighted by Crippen LogP contribution is -1.94. The van der Waals surface area contributed by atoms with Crippen LogP contribution in [0, 0.1) is 10.1 Å². The van der Waals surface area contributed by atoms with Gasteiger partial charge >= 0.3 is 0 Å². The van der Waals surface area contributed by atoms with Gasteiger partial charge in [-0.3, -0.25) is 10.1 Å². The van der Waals surface area contributed by atoms with E-state index in [2.05, 4.69) is 18.8 Å². The average Bonchev–Trinajstić information content (AvgIpc) is 2.54. The van der Waals surface area contributed by atoms with E-state index in [0.29, 0.717) is 24.0 Å². The van der Waals surface area contributed by atoms with Crippen LogP contribution in [0.5, 0.6) is 5.75 Å². The summed E-state index contributed by atoms with van der Waals surface area (Å²) in [5.41, 5.74) is 2.39. The van der Waals surface area contributed by atoms with Crippen molar-refractivity contribution in [1.82, 2.24) is 0 Å². The summed E-state index contributed by atoms with van der Waals surface area (Å²) in [7, 11) is 0. The third-order valence-corrected chi connectivity index (χ3v) is 3.41. The zero-order valence-electron chi connectivity index (χ0n) is 13.5. The van der Waals surface area contributed by atoms with Crippen molar-refractivity contribution in [2.24, 2.45) is 4.99 Å². The molecule has 23 heavy (non-hydrogen) atoms. The van der Waals surface area contributed by atoms with Gasteiger partial charge in [0, 0.05) is 6.21 Å². The van der Waals surface area contributed by atoms with E-state index < -0.39 is 4.92 Å². The summed E-state index contributed by atoms with van der Waals surface area (Å²) in [5.74, 6) is 0.938. The van der Waals surface area contributed by atoms with Crippen LogP contribution in [0.1, 0.15) is 37.8 Å². The van der Waals surface area contributed by atoms with Gasteiger partial charge in [-0.1, -0.05) is 38.1 Å². The molecule has 0 aliphatic heterocycles. The number of nitro groups is 1. The first-order valence-corrected chi connectivity index (χ1v) is 7.56. The molecule has 2 rings (SSSR count). The summed E-state index contributed by atoms with van der Waals surface area (Å²) in [5, 5.41) is 11.2. The highest BCUT2D eigenvalue weighted by atomic mass is 16.6. The Labute approximate surface area is 135 Å². The quantitative estimate of drug-likeness (QED) is 0.434. The zero-order valence-corrected chi connectivity index (χ0v) is 13.5. The Hall–Kier alpha value is -2.69. The maximum absolute atomic E-state index is 11.2. The smallest absolute Gasteiger partial charge is 0.298 e. The number of aliphatic imine (C=N–C) groups is 1. The number of rotatable bonds is 6. The molecule has 120 valence electrons. The van der Waals surface area contributed by atoms with Gasteiger partial charge in [0.1, 0.15) is 11.4 Å². The summed E-state index contributed by atoms with van der Waals surface area (Å²) >= 11 is 0. The maximum atomic E-state index is 11.2. The molecule has 0 saturated carbocycles. The van der Waals surface area contributed by atoms with Crippen LogP contribution in [0.25, 0.3) is 0 Å². The summed E-state index contributed by atoms with van der Waals surface area (Å²) < 4.78 is 5.29. The summed E-state index contributed by atoms with van der Waals surface area (Å²) in [6.07, 6.45) is 1.63. The molecule has 0 fully saturated rings. The second-order valence-corrected chi connectivity index (χ2v) is 5.42. The molecule has 0 N–H and O–H groups in total. The van der Waals surface area contributed by atoms with Crippen LogP contribution in [0.15, 0.2) is 47.5 Å². The van der Waals surface area contributed by atoms with Crippen molar-refractivity contribution in [3.05, 3.63) is 63.7 Å². The fraction of sp³-hybridized carbons (Fsp3) is 0.278. The van der Waals surface area contributed by atoms with E-state index in [1.807, 2.05) is 31.2 Å². The molecule has 0 aromatic heterocycles. The predicted octanol–water partition coefficient (Wildman–Crippen LogP) is 4.87. The van der Waals surface area contributed by atoms with Gasteiger partial charge in [0.25, 0.3) is 5.69 Å². The monoisotopic (exact) mass is 312 g/mol. The van der Waals surface area contributed by atoms with E-state index in [4.69, 9.17) is 4.74 Å². The van der Waals surface area contributed by atoms with Crippen LogP contribution >= 0.6 is 0 Å². The van der Waals surface area contributed by atoms with E-state index in [1.165, 1.54) is 11.6 Å². The van der Waals surface area contributed by atoms with Crippen molar-refractivity contribution in [3.8, 4) is 5.75 Å². The van der Waals surface area contributed by atoms with Gasteiger partial charge in [-0.25, -0.2) is 4.99 Å². The molecule has 0 aliphatic carbocycles. The molecule has 0 radical (unpaired) electrons. The second-order valence-electron chi connectivity index (χ2n) is 5.42. The van der Waals surface area contributed by atoms with E-state index >= 15 is 0 Å². The van der Waals surface area contributed by atoms with Gasteiger partial charge in [-0.05, 0) is 36.1 Å². The number of nitrogens with zero attached hydrogens (tertiary/aromatic N) is 2. The van der Waals surface area contributed by atoms with Gasteiger partial charge in [0.2, 0.25) is 0 Å². The van der Waals surface area contributed by atoms with Crippen molar-refractivity contribution >= 4 is 17.6 Å². The topological polar surface area (TPSA) is 64.7 Å². The third kappa shape index (κ3) is 4.39. The Balaban J connectivity index is 2.26. The van der Waals surface area contributed by atoms with Crippen LogP contribution in [0.3, 0.4) is 0 Å². The summed E-state index contributed by atoms with van der Waals surface area (Å²) in [4.78, 5) is 15.0. The van der Waals surface area contributed by atoms with Gasteiger partial charge in [-0.2, -0.15) is 0 Å². The minimum Gasteiger partial charge on any atom is -0.494 e. The number of hydrogen-bond acceptors (Lipinski definition) is 4. The molecule has 5 heteroatoms. The van der Waals surface area contributed by atoms with Crippen LogP contribution in [0.4, 0.5) is 11.4 Å². The Morgan fingerprint density at radius 2 is 1.91 bits per heavy atom. The summed E-state index contributed by atoms with van der Waals surface area (Å²) in [6.45, 7) is 6.56. The van der Waals surface area contributed by atoms with E-state index in [-0.39, 0.29) is 5.69 Å². The van der Waals surface area contributed by atoms with Gasteiger partial charge in [0.15, 0.2) is 0 Å². The van der Waals surface area contributed by atoms with Crippen molar-refractivity contribution in [3.63, 3.8) is 0 Å². The molecule has 0 unspecified atom stereocenters. The lowest BCUT2D eigenvalue weighted by Gasteiger charge is -2.05. The SMILES string of the molecule is CCOc1ccc(N=Cc2ccc(C(C)C)cc2)c([N+](=O)[O-])c1.